The summed E-state index contributed by atoms with van der Waals surface area (Å²) in [5.74, 6) is 0.745. The minimum Gasteiger partial charge on any atom is -0.324 e. The maximum Gasteiger partial charge on any atom is 0.226 e. The van der Waals surface area contributed by atoms with Gasteiger partial charge in [0.2, 0.25) is 5.95 Å². The third-order valence-electron chi connectivity index (χ3n) is 3.89. The Labute approximate surface area is 128 Å². The molecule has 1 aromatic carbocycles. The highest BCUT2D eigenvalue weighted by atomic mass is 15.4. The van der Waals surface area contributed by atoms with Crippen molar-refractivity contribution in [3.8, 4) is 0 Å². The predicted octanol–water partition coefficient (Wildman–Crippen LogP) is 3.04. The molecule has 3 aromatic rings. The van der Waals surface area contributed by atoms with Gasteiger partial charge in [-0.25, -0.2) is 4.68 Å². The van der Waals surface area contributed by atoms with Gasteiger partial charge in [-0.2, -0.15) is 10.1 Å². The standard InChI is InChI=1S/C17H15N5/c1-12-5-2-3-7-14(12)16-9-15(13-6-4-8-18-10-13)21-17-19-11-20-22(16)17/h2-11,16H,1H3,(H,19,20,21). The topological polar surface area (TPSA) is 55.6 Å². The minimum atomic E-state index is 0.0233. The molecule has 1 aliphatic heterocycles. The number of hydrogen-bond donors (Lipinski definition) is 1. The largest absolute Gasteiger partial charge is 0.324 e. The Kier molecular flexibility index (Phi) is 2.96. The maximum absolute atomic E-state index is 4.37. The molecule has 3 heterocycles. The molecule has 1 N–H and O–H groups in total. The lowest BCUT2D eigenvalue weighted by Gasteiger charge is -2.25. The van der Waals surface area contributed by atoms with E-state index in [2.05, 4.69) is 51.6 Å². The highest BCUT2D eigenvalue weighted by molar-refractivity contribution is 5.76. The molecule has 4 rings (SSSR count). The summed E-state index contributed by atoms with van der Waals surface area (Å²) < 4.78 is 1.90. The Morgan fingerprint density at radius 1 is 1.14 bits per heavy atom. The number of aromatic nitrogens is 4. The van der Waals surface area contributed by atoms with E-state index in [-0.39, 0.29) is 6.04 Å². The quantitative estimate of drug-likeness (QED) is 0.788. The Bertz CT molecular complexity index is 835. The van der Waals surface area contributed by atoms with Crippen LogP contribution >= 0.6 is 0 Å². The lowest BCUT2D eigenvalue weighted by molar-refractivity contribution is 0.609. The maximum atomic E-state index is 4.37. The van der Waals surface area contributed by atoms with Gasteiger partial charge in [0.25, 0.3) is 0 Å². The zero-order valence-electron chi connectivity index (χ0n) is 12.1. The van der Waals surface area contributed by atoms with E-state index in [9.17, 15) is 0 Å². The number of anilines is 1. The van der Waals surface area contributed by atoms with Crippen molar-refractivity contribution in [2.75, 3.05) is 5.32 Å². The Morgan fingerprint density at radius 3 is 2.86 bits per heavy atom. The zero-order valence-corrected chi connectivity index (χ0v) is 12.1. The first-order chi connectivity index (χ1) is 10.8. The number of aryl methyl sites for hydroxylation is 1. The van der Waals surface area contributed by atoms with Gasteiger partial charge in [0.15, 0.2) is 0 Å². The van der Waals surface area contributed by atoms with Crippen molar-refractivity contribution in [1.29, 1.82) is 0 Å². The lowest BCUT2D eigenvalue weighted by atomic mass is 9.98. The minimum absolute atomic E-state index is 0.0233. The van der Waals surface area contributed by atoms with E-state index in [0.717, 1.165) is 17.2 Å². The van der Waals surface area contributed by atoms with Gasteiger partial charge in [-0.15, -0.1) is 0 Å². The molecule has 0 amide bonds. The van der Waals surface area contributed by atoms with E-state index >= 15 is 0 Å². The normalized spacial score (nSPS) is 16.6. The van der Waals surface area contributed by atoms with Crippen LogP contribution in [0.3, 0.4) is 0 Å². The van der Waals surface area contributed by atoms with Gasteiger partial charge < -0.3 is 5.32 Å². The fraction of sp³-hybridized carbons (Fsp3) is 0.118. The van der Waals surface area contributed by atoms with Crippen LogP contribution in [0.5, 0.6) is 0 Å². The summed E-state index contributed by atoms with van der Waals surface area (Å²) in [6, 6.07) is 12.3. The molecular formula is C17H15N5. The third-order valence-corrected chi connectivity index (χ3v) is 3.89. The first kappa shape index (κ1) is 12.8. The third kappa shape index (κ3) is 2.07. The summed E-state index contributed by atoms with van der Waals surface area (Å²) in [5.41, 5.74) is 4.49. The first-order valence-corrected chi connectivity index (χ1v) is 7.17. The van der Waals surface area contributed by atoms with Crippen molar-refractivity contribution >= 4 is 11.6 Å². The van der Waals surface area contributed by atoms with Crippen LogP contribution in [0.4, 0.5) is 5.95 Å². The van der Waals surface area contributed by atoms with E-state index in [1.807, 2.05) is 29.1 Å². The monoisotopic (exact) mass is 289 g/mol. The number of nitrogens with one attached hydrogen (secondary N) is 1. The van der Waals surface area contributed by atoms with Crippen molar-refractivity contribution in [2.45, 2.75) is 13.0 Å². The van der Waals surface area contributed by atoms with Crippen molar-refractivity contribution in [1.82, 2.24) is 19.7 Å². The Hall–Kier alpha value is -2.95. The molecule has 0 bridgehead atoms. The zero-order chi connectivity index (χ0) is 14.9. The molecule has 5 heteroatoms. The highest BCUT2D eigenvalue weighted by Crippen LogP contribution is 2.32. The smallest absolute Gasteiger partial charge is 0.226 e. The fourth-order valence-corrected chi connectivity index (χ4v) is 2.76. The molecule has 108 valence electrons. The van der Waals surface area contributed by atoms with Gasteiger partial charge >= 0.3 is 0 Å². The predicted molar refractivity (Wildman–Crippen MR) is 85.2 cm³/mol. The SMILES string of the molecule is Cc1ccccc1C1C=C(c2cccnc2)Nc2ncnn21. The number of pyridine rings is 1. The van der Waals surface area contributed by atoms with Crippen LogP contribution in [-0.4, -0.2) is 19.7 Å². The number of nitrogens with zero attached hydrogens (tertiary/aromatic N) is 4. The average molecular weight is 289 g/mol. The van der Waals surface area contributed by atoms with E-state index in [1.54, 1.807) is 12.5 Å². The van der Waals surface area contributed by atoms with Crippen LogP contribution in [0.25, 0.3) is 5.70 Å². The number of fused-ring (bicyclic) bond motifs is 1. The van der Waals surface area contributed by atoms with Crippen LogP contribution in [0, 0.1) is 6.92 Å². The number of benzene rings is 1. The number of hydrogen-bond acceptors (Lipinski definition) is 4. The van der Waals surface area contributed by atoms with Crippen LogP contribution in [-0.2, 0) is 0 Å². The van der Waals surface area contributed by atoms with Crippen molar-refractivity contribution in [3.05, 3.63) is 77.9 Å². The second kappa shape index (κ2) is 5.11. The fourth-order valence-electron chi connectivity index (χ4n) is 2.76. The molecule has 0 radical (unpaired) electrons. The molecule has 1 aliphatic rings. The van der Waals surface area contributed by atoms with E-state index in [0.29, 0.717) is 0 Å². The molecule has 0 aliphatic carbocycles. The summed E-state index contributed by atoms with van der Waals surface area (Å²) >= 11 is 0. The molecule has 0 saturated heterocycles. The molecular weight excluding hydrogens is 274 g/mol. The molecule has 0 saturated carbocycles. The van der Waals surface area contributed by atoms with Crippen molar-refractivity contribution in [2.24, 2.45) is 0 Å². The van der Waals surface area contributed by atoms with Gasteiger partial charge in [-0.1, -0.05) is 24.3 Å². The summed E-state index contributed by atoms with van der Waals surface area (Å²) in [6.07, 6.45) is 7.36. The van der Waals surface area contributed by atoms with E-state index < -0.39 is 0 Å². The molecule has 0 spiro atoms. The molecule has 1 atom stereocenters. The van der Waals surface area contributed by atoms with Gasteiger partial charge in [-0.05, 0) is 36.3 Å². The van der Waals surface area contributed by atoms with Crippen molar-refractivity contribution in [3.63, 3.8) is 0 Å². The molecule has 1 unspecified atom stereocenters. The van der Waals surface area contributed by atoms with E-state index in [4.69, 9.17) is 0 Å². The van der Waals surface area contributed by atoms with Crippen LogP contribution < -0.4 is 5.32 Å². The van der Waals surface area contributed by atoms with Gasteiger partial charge in [0.05, 0.1) is 0 Å². The summed E-state index contributed by atoms with van der Waals surface area (Å²) in [5, 5.41) is 7.69. The molecule has 22 heavy (non-hydrogen) atoms. The summed E-state index contributed by atoms with van der Waals surface area (Å²) in [4.78, 5) is 8.51. The Morgan fingerprint density at radius 2 is 2.05 bits per heavy atom. The molecule has 2 aromatic heterocycles. The Balaban J connectivity index is 1.86. The summed E-state index contributed by atoms with van der Waals surface area (Å²) in [7, 11) is 0. The molecule has 5 nitrogen and oxygen atoms in total. The van der Waals surface area contributed by atoms with Gasteiger partial charge in [0.1, 0.15) is 12.4 Å². The average Bonchev–Trinajstić information content (AvgIpc) is 3.04. The van der Waals surface area contributed by atoms with Gasteiger partial charge in [-0.3, -0.25) is 4.98 Å². The van der Waals surface area contributed by atoms with Gasteiger partial charge in [0, 0.05) is 23.7 Å². The van der Waals surface area contributed by atoms with Crippen LogP contribution in [0.15, 0.2) is 61.2 Å². The summed E-state index contributed by atoms with van der Waals surface area (Å²) in [6.45, 7) is 2.12. The number of rotatable bonds is 2. The second-order valence-corrected chi connectivity index (χ2v) is 5.28. The van der Waals surface area contributed by atoms with Crippen LogP contribution in [0.2, 0.25) is 0 Å². The highest BCUT2D eigenvalue weighted by Gasteiger charge is 2.24. The van der Waals surface area contributed by atoms with Crippen molar-refractivity contribution < 1.29 is 0 Å². The lowest BCUT2D eigenvalue weighted by Crippen LogP contribution is -2.20. The van der Waals surface area contributed by atoms with Crippen LogP contribution in [0.1, 0.15) is 22.7 Å². The second-order valence-electron chi connectivity index (χ2n) is 5.28. The first-order valence-electron chi connectivity index (χ1n) is 7.17. The van der Waals surface area contributed by atoms with E-state index in [1.165, 1.54) is 11.1 Å². The molecule has 0 fully saturated rings. The number of allylic oxidation sites excluding steroid dienone is 1.